The molecular weight excluding hydrogens is 262 g/mol. The zero-order chi connectivity index (χ0) is 16.1. The SMILES string of the molecule is CCc1ccc(OCC(=O)NC(C)(C)CC(C)(C)C)cc1. The van der Waals surface area contributed by atoms with Crippen molar-refractivity contribution in [1.29, 1.82) is 0 Å². The zero-order valence-corrected chi connectivity index (χ0v) is 14.2. The Hall–Kier alpha value is -1.51. The maximum absolute atomic E-state index is 12.0. The van der Waals surface area contributed by atoms with Gasteiger partial charge < -0.3 is 10.1 Å². The summed E-state index contributed by atoms with van der Waals surface area (Å²) in [6, 6.07) is 7.87. The Kier molecular flexibility index (Phi) is 5.82. The lowest BCUT2D eigenvalue weighted by Crippen LogP contribution is -2.47. The summed E-state index contributed by atoms with van der Waals surface area (Å²) in [5.41, 5.74) is 1.20. The van der Waals surface area contributed by atoms with Gasteiger partial charge in [-0.2, -0.15) is 0 Å². The quantitative estimate of drug-likeness (QED) is 0.861. The molecule has 1 amide bonds. The molecule has 0 saturated heterocycles. The van der Waals surface area contributed by atoms with E-state index in [1.165, 1.54) is 5.56 Å². The standard InChI is InChI=1S/C18H29NO2/c1-7-14-8-10-15(11-9-14)21-12-16(20)19-18(5,6)13-17(2,3)4/h8-11H,7,12-13H2,1-6H3,(H,19,20). The first-order chi connectivity index (χ1) is 9.61. The van der Waals surface area contributed by atoms with Crippen molar-refractivity contribution in [2.24, 2.45) is 5.41 Å². The van der Waals surface area contributed by atoms with E-state index in [2.05, 4.69) is 33.0 Å². The lowest BCUT2D eigenvalue weighted by atomic mass is 9.82. The van der Waals surface area contributed by atoms with Crippen LogP contribution in [0.15, 0.2) is 24.3 Å². The van der Waals surface area contributed by atoms with Gasteiger partial charge in [-0.1, -0.05) is 39.8 Å². The molecule has 1 aromatic carbocycles. The summed E-state index contributed by atoms with van der Waals surface area (Å²) in [5, 5.41) is 3.04. The highest BCUT2D eigenvalue weighted by Gasteiger charge is 2.26. The molecule has 0 fully saturated rings. The molecule has 1 N–H and O–H groups in total. The van der Waals surface area contributed by atoms with Gasteiger partial charge in [-0.15, -0.1) is 0 Å². The molecule has 21 heavy (non-hydrogen) atoms. The van der Waals surface area contributed by atoms with E-state index in [0.29, 0.717) is 0 Å². The van der Waals surface area contributed by atoms with E-state index in [1.807, 2.05) is 38.1 Å². The maximum Gasteiger partial charge on any atom is 0.258 e. The summed E-state index contributed by atoms with van der Waals surface area (Å²) in [5.74, 6) is 0.653. The number of carbonyl (C=O) groups excluding carboxylic acids is 1. The third-order valence-electron chi connectivity index (χ3n) is 3.15. The Morgan fingerprint density at radius 3 is 2.14 bits per heavy atom. The zero-order valence-electron chi connectivity index (χ0n) is 14.2. The normalized spacial score (nSPS) is 12.1. The van der Waals surface area contributed by atoms with Crippen molar-refractivity contribution < 1.29 is 9.53 Å². The third kappa shape index (κ3) is 7.16. The molecule has 0 heterocycles. The van der Waals surface area contributed by atoms with Crippen LogP contribution in [0.5, 0.6) is 5.75 Å². The van der Waals surface area contributed by atoms with Crippen molar-refractivity contribution in [3.8, 4) is 5.75 Å². The van der Waals surface area contributed by atoms with Crippen LogP contribution in [0.2, 0.25) is 0 Å². The van der Waals surface area contributed by atoms with Crippen molar-refractivity contribution in [3.63, 3.8) is 0 Å². The predicted octanol–water partition coefficient (Wildman–Crippen LogP) is 3.96. The Balaban J connectivity index is 2.46. The fourth-order valence-electron chi connectivity index (χ4n) is 2.75. The van der Waals surface area contributed by atoms with Crippen molar-refractivity contribution in [2.75, 3.05) is 6.61 Å². The molecule has 118 valence electrons. The van der Waals surface area contributed by atoms with Crippen LogP contribution >= 0.6 is 0 Å². The molecule has 0 aliphatic heterocycles. The topological polar surface area (TPSA) is 38.3 Å². The van der Waals surface area contributed by atoms with E-state index in [0.717, 1.165) is 18.6 Å². The lowest BCUT2D eigenvalue weighted by Gasteiger charge is -2.33. The minimum Gasteiger partial charge on any atom is -0.484 e. The Morgan fingerprint density at radius 2 is 1.67 bits per heavy atom. The van der Waals surface area contributed by atoms with Crippen LogP contribution in [-0.4, -0.2) is 18.1 Å². The van der Waals surface area contributed by atoms with Gasteiger partial charge in [0.1, 0.15) is 5.75 Å². The van der Waals surface area contributed by atoms with Gasteiger partial charge in [-0.3, -0.25) is 4.79 Å². The van der Waals surface area contributed by atoms with Gasteiger partial charge >= 0.3 is 0 Å². The van der Waals surface area contributed by atoms with Crippen molar-refractivity contribution >= 4 is 5.91 Å². The molecule has 0 saturated carbocycles. The molecule has 0 bridgehead atoms. The summed E-state index contributed by atoms with van der Waals surface area (Å²) in [4.78, 5) is 12.0. The fourth-order valence-corrected chi connectivity index (χ4v) is 2.75. The van der Waals surface area contributed by atoms with Gasteiger partial charge in [-0.05, 0) is 49.8 Å². The van der Waals surface area contributed by atoms with Crippen LogP contribution < -0.4 is 10.1 Å². The molecule has 1 aromatic rings. The van der Waals surface area contributed by atoms with Gasteiger partial charge in [-0.25, -0.2) is 0 Å². The second-order valence-corrected chi connectivity index (χ2v) is 7.46. The highest BCUT2D eigenvalue weighted by atomic mass is 16.5. The van der Waals surface area contributed by atoms with Gasteiger partial charge in [0.2, 0.25) is 0 Å². The van der Waals surface area contributed by atoms with Crippen molar-refractivity contribution in [1.82, 2.24) is 5.32 Å². The summed E-state index contributed by atoms with van der Waals surface area (Å²) >= 11 is 0. The third-order valence-corrected chi connectivity index (χ3v) is 3.15. The lowest BCUT2D eigenvalue weighted by molar-refractivity contribution is -0.125. The van der Waals surface area contributed by atoms with Crippen LogP contribution in [0.1, 0.15) is 53.5 Å². The van der Waals surface area contributed by atoms with Crippen molar-refractivity contribution in [3.05, 3.63) is 29.8 Å². The Morgan fingerprint density at radius 1 is 1.10 bits per heavy atom. The molecular formula is C18H29NO2. The van der Waals surface area contributed by atoms with E-state index in [9.17, 15) is 4.79 Å². The van der Waals surface area contributed by atoms with Gasteiger partial charge in [0.15, 0.2) is 6.61 Å². The second-order valence-electron chi connectivity index (χ2n) is 7.46. The summed E-state index contributed by atoms with van der Waals surface area (Å²) in [6.45, 7) is 12.8. The average molecular weight is 291 g/mol. The largest absolute Gasteiger partial charge is 0.484 e. The van der Waals surface area contributed by atoms with E-state index in [1.54, 1.807) is 0 Å². The van der Waals surface area contributed by atoms with E-state index in [-0.39, 0.29) is 23.5 Å². The molecule has 0 atom stereocenters. The second kappa shape index (κ2) is 6.97. The highest BCUT2D eigenvalue weighted by molar-refractivity contribution is 5.78. The smallest absolute Gasteiger partial charge is 0.258 e. The van der Waals surface area contributed by atoms with Crippen LogP contribution in [0.25, 0.3) is 0 Å². The van der Waals surface area contributed by atoms with E-state index in [4.69, 9.17) is 4.74 Å². The number of aryl methyl sites for hydroxylation is 1. The number of amides is 1. The molecule has 0 spiro atoms. The summed E-state index contributed by atoms with van der Waals surface area (Å²) in [6.07, 6.45) is 1.92. The molecule has 0 unspecified atom stereocenters. The highest BCUT2D eigenvalue weighted by Crippen LogP contribution is 2.26. The molecule has 0 radical (unpaired) electrons. The van der Waals surface area contributed by atoms with E-state index < -0.39 is 0 Å². The van der Waals surface area contributed by atoms with Gasteiger partial charge in [0.25, 0.3) is 5.91 Å². The summed E-state index contributed by atoms with van der Waals surface area (Å²) < 4.78 is 5.53. The first-order valence-electron chi connectivity index (χ1n) is 7.64. The number of hydrogen-bond donors (Lipinski definition) is 1. The van der Waals surface area contributed by atoms with Gasteiger partial charge in [0.05, 0.1) is 0 Å². The Bertz CT molecular complexity index is 455. The maximum atomic E-state index is 12.0. The van der Waals surface area contributed by atoms with Crippen molar-refractivity contribution in [2.45, 2.75) is 59.9 Å². The molecule has 0 aromatic heterocycles. The minimum absolute atomic E-state index is 0.0546. The van der Waals surface area contributed by atoms with Crippen LogP contribution in [0.3, 0.4) is 0 Å². The monoisotopic (exact) mass is 291 g/mol. The fraction of sp³-hybridized carbons (Fsp3) is 0.611. The first kappa shape index (κ1) is 17.5. The number of benzene rings is 1. The molecule has 0 aliphatic rings. The molecule has 3 nitrogen and oxygen atoms in total. The number of hydrogen-bond acceptors (Lipinski definition) is 2. The number of ether oxygens (including phenoxy) is 1. The number of nitrogens with one attached hydrogen (secondary N) is 1. The number of rotatable bonds is 6. The van der Waals surface area contributed by atoms with Crippen LogP contribution in [0.4, 0.5) is 0 Å². The van der Waals surface area contributed by atoms with Gasteiger partial charge in [0, 0.05) is 5.54 Å². The molecule has 1 rings (SSSR count). The average Bonchev–Trinajstić information content (AvgIpc) is 2.33. The Labute approximate surface area is 129 Å². The number of carbonyl (C=O) groups is 1. The molecule has 3 heteroatoms. The molecule has 0 aliphatic carbocycles. The minimum atomic E-state index is -0.231. The van der Waals surface area contributed by atoms with Crippen LogP contribution in [-0.2, 0) is 11.2 Å². The first-order valence-corrected chi connectivity index (χ1v) is 7.64. The summed E-state index contributed by atoms with van der Waals surface area (Å²) in [7, 11) is 0. The predicted molar refractivity (Wildman–Crippen MR) is 87.6 cm³/mol. The van der Waals surface area contributed by atoms with Crippen LogP contribution in [0, 0.1) is 5.41 Å². The van der Waals surface area contributed by atoms with E-state index >= 15 is 0 Å².